The standard InChI is InChI=1S/C28H28N4O4S/c1-28(2,3)32-37(34,35)25-10-5-4-9-24(25)20-11-13-23(14-12-20)30-26(33)16-22-18-36-31-27(22)21-8-6-7-19(15-21)17-29/h4-15,31-32H,16,18H2,1-3H3,(H,30,33). The maximum atomic E-state index is 13.0. The maximum absolute atomic E-state index is 13.0. The minimum absolute atomic E-state index is 0.112. The summed E-state index contributed by atoms with van der Waals surface area (Å²) < 4.78 is 28.7. The van der Waals surface area contributed by atoms with E-state index in [4.69, 9.17) is 10.1 Å². The van der Waals surface area contributed by atoms with Crippen LogP contribution in [0.4, 0.5) is 5.69 Å². The number of amides is 1. The molecule has 0 atom stereocenters. The van der Waals surface area contributed by atoms with Gasteiger partial charge in [0.25, 0.3) is 0 Å². The van der Waals surface area contributed by atoms with Gasteiger partial charge in [-0.15, -0.1) is 0 Å². The van der Waals surface area contributed by atoms with Crippen LogP contribution in [0, 0.1) is 11.3 Å². The van der Waals surface area contributed by atoms with E-state index in [9.17, 15) is 13.2 Å². The van der Waals surface area contributed by atoms with Crippen LogP contribution in [0.2, 0.25) is 0 Å². The van der Waals surface area contributed by atoms with Crippen molar-refractivity contribution in [1.82, 2.24) is 10.2 Å². The lowest BCUT2D eigenvalue weighted by Crippen LogP contribution is -2.40. The molecule has 8 nitrogen and oxygen atoms in total. The zero-order valence-corrected chi connectivity index (χ0v) is 21.6. The van der Waals surface area contributed by atoms with Crippen LogP contribution in [0.3, 0.4) is 0 Å². The number of benzene rings is 3. The van der Waals surface area contributed by atoms with Gasteiger partial charge in [0, 0.05) is 22.4 Å². The van der Waals surface area contributed by atoms with Crippen molar-refractivity contribution >= 4 is 27.3 Å². The van der Waals surface area contributed by atoms with E-state index >= 15 is 0 Å². The van der Waals surface area contributed by atoms with Crippen LogP contribution in [0.1, 0.15) is 38.3 Å². The lowest BCUT2D eigenvalue weighted by atomic mass is 10.0. The van der Waals surface area contributed by atoms with E-state index in [-0.39, 0.29) is 23.8 Å². The zero-order chi connectivity index (χ0) is 26.6. The molecule has 0 saturated heterocycles. The molecular weight excluding hydrogens is 488 g/mol. The second kappa shape index (κ2) is 10.6. The van der Waals surface area contributed by atoms with Gasteiger partial charge in [0.15, 0.2) is 0 Å². The van der Waals surface area contributed by atoms with Gasteiger partial charge in [-0.1, -0.05) is 42.5 Å². The van der Waals surface area contributed by atoms with E-state index in [1.54, 1.807) is 87.5 Å². The number of nitriles is 1. The van der Waals surface area contributed by atoms with Crippen LogP contribution in [-0.4, -0.2) is 26.5 Å². The Bertz CT molecular complexity index is 1500. The molecule has 1 heterocycles. The first-order valence-electron chi connectivity index (χ1n) is 11.7. The molecule has 1 aliphatic heterocycles. The molecule has 190 valence electrons. The number of hydrogen-bond donors (Lipinski definition) is 3. The Morgan fingerprint density at radius 1 is 1.03 bits per heavy atom. The minimum Gasteiger partial charge on any atom is -0.326 e. The summed E-state index contributed by atoms with van der Waals surface area (Å²) >= 11 is 0. The summed E-state index contributed by atoms with van der Waals surface area (Å²) in [5.41, 5.74) is 6.84. The second-order valence-corrected chi connectivity index (χ2v) is 11.4. The van der Waals surface area contributed by atoms with Gasteiger partial charge in [-0.3, -0.25) is 15.1 Å². The molecule has 4 rings (SSSR count). The number of nitrogens with one attached hydrogen (secondary N) is 3. The van der Waals surface area contributed by atoms with E-state index in [2.05, 4.69) is 21.6 Å². The largest absolute Gasteiger partial charge is 0.326 e. The number of carbonyl (C=O) groups excluding carboxylic acids is 1. The highest BCUT2D eigenvalue weighted by Crippen LogP contribution is 2.29. The highest BCUT2D eigenvalue weighted by Gasteiger charge is 2.25. The number of hydrogen-bond acceptors (Lipinski definition) is 6. The Hall–Kier alpha value is -3.97. The quantitative estimate of drug-likeness (QED) is 0.423. The van der Waals surface area contributed by atoms with E-state index < -0.39 is 15.6 Å². The fourth-order valence-corrected chi connectivity index (χ4v) is 5.67. The van der Waals surface area contributed by atoms with Crippen LogP contribution in [0.15, 0.2) is 83.3 Å². The van der Waals surface area contributed by atoms with E-state index in [0.717, 1.165) is 11.1 Å². The lowest BCUT2D eigenvalue weighted by molar-refractivity contribution is -0.115. The van der Waals surface area contributed by atoms with Crippen LogP contribution in [0.5, 0.6) is 0 Å². The maximum Gasteiger partial charge on any atom is 0.241 e. The van der Waals surface area contributed by atoms with Crippen molar-refractivity contribution in [3.05, 3.63) is 89.5 Å². The first-order valence-corrected chi connectivity index (χ1v) is 13.2. The van der Waals surface area contributed by atoms with E-state index in [1.165, 1.54) is 0 Å². The predicted molar refractivity (Wildman–Crippen MR) is 142 cm³/mol. The third-order valence-corrected chi connectivity index (χ3v) is 7.34. The summed E-state index contributed by atoms with van der Waals surface area (Å²) in [6, 6.07) is 23.0. The van der Waals surface area contributed by atoms with Crippen molar-refractivity contribution in [2.24, 2.45) is 0 Å². The van der Waals surface area contributed by atoms with Crippen molar-refractivity contribution in [3.63, 3.8) is 0 Å². The summed E-state index contributed by atoms with van der Waals surface area (Å²) in [6.07, 6.45) is 0.112. The van der Waals surface area contributed by atoms with Gasteiger partial charge in [-0.25, -0.2) is 13.1 Å². The van der Waals surface area contributed by atoms with Crippen molar-refractivity contribution in [2.75, 3.05) is 11.9 Å². The highest BCUT2D eigenvalue weighted by molar-refractivity contribution is 7.89. The second-order valence-electron chi connectivity index (χ2n) is 9.72. The molecule has 3 N–H and O–H groups in total. The van der Waals surface area contributed by atoms with E-state index in [1.807, 2.05) is 6.07 Å². The van der Waals surface area contributed by atoms with Crippen molar-refractivity contribution in [1.29, 1.82) is 5.26 Å². The molecule has 0 spiro atoms. The van der Waals surface area contributed by atoms with Crippen LogP contribution in [-0.2, 0) is 19.7 Å². The van der Waals surface area contributed by atoms with E-state index in [0.29, 0.717) is 28.1 Å². The lowest BCUT2D eigenvalue weighted by Gasteiger charge is -2.21. The summed E-state index contributed by atoms with van der Waals surface area (Å²) in [6.45, 7) is 5.63. The Morgan fingerprint density at radius 2 is 1.76 bits per heavy atom. The fourth-order valence-electron chi connectivity index (χ4n) is 4.02. The molecule has 1 amide bonds. The monoisotopic (exact) mass is 516 g/mol. The summed E-state index contributed by atoms with van der Waals surface area (Å²) in [5, 5.41) is 12.0. The van der Waals surface area contributed by atoms with Crippen LogP contribution < -0.4 is 15.5 Å². The van der Waals surface area contributed by atoms with Crippen molar-refractivity contribution in [2.45, 2.75) is 37.6 Å². The molecule has 0 aliphatic carbocycles. The molecule has 3 aromatic carbocycles. The number of sulfonamides is 1. The molecule has 0 radical (unpaired) electrons. The van der Waals surface area contributed by atoms with Gasteiger partial charge in [0.05, 0.1) is 35.3 Å². The summed E-state index contributed by atoms with van der Waals surface area (Å²) in [4.78, 5) is 18.3. The number of hydroxylamine groups is 1. The number of rotatable bonds is 7. The number of nitrogens with zero attached hydrogens (tertiary/aromatic N) is 1. The highest BCUT2D eigenvalue weighted by atomic mass is 32.2. The van der Waals surface area contributed by atoms with Gasteiger partial charge in [0.2, 0.25) is 15.9 Å². The van der Waals surface area contributed by atoms with Crippen LogP contribution in [0.25, 0.3) is 16.8 Å². The van der Waals surface area contributed by atoms with Crippen LogP contribution >= 0.6 is 0 Å². The zero-order valence-electron chi connectivity index (χ0n) is 20.8. The Kier molecular flexibility index (Phi) is 7.45. The predicted octanol–water partition coefficient (Wildman–Crippen LogP) is 4.58. The third kappa shape index (κ3) is 6.43. The van der Waals surface area contributed by atoms with Gasteiger partial charge >= 0.3 is 0 Å². The molecule has 0 bridgehead atoms. The summed E-state index contributed by atoms with van der Waals surface area (Å²) in [7, 11) is -3.73. The van der Waals surface area contributed by atoms with Gasteiger partial charge in [-0.2, -0.15) is 5.26 Å². The van der Waals surface area contributed by atoms with Gasteiger partial charge < -0.3 is 5.32 Å². The Balaban J connectivity index is 1.50. The van der Waals surface area contributed by atoms with Gasteiger partial charge in [-0.05, 0) is 62.2 Å². The molecule has 3 aromatic rings. The Morgan fingerprint density at radius 3 is 2.46 bits per heavy atom. The third-order valence-electron chi connectivity index (χ3n) is 5.53. The molecule has 0 aromatic heterocycles. The topological polar surface area (TPSA) is 120 Å². The van der Waals surface area contributed by atoms with Crippen molar-refractivity contribution in [3.8, 4) is 17.2 Å². The fraction of sp³-hybridized carbons (Fsp3) is 0.214. The SMILES string of the molecule is CC(C)(C)NS(=O)(=O)c1ccccc1-c1ccc(NC(=O)CC2=C(c3cccc(C#N)c3)NOC2)cc1. The average molecular weight is 517 g/mol. The average Bonchev–Trinajstić information content (AvgIpc) is 3.31. The molecule has 9 heteroatoms. The number of carbonyl (C=O) groups is 1. The molecule has 0 unspecified atom stereocenters. The molecule has 0 fully saturated rings. The van der Waals surface area contributed by atoms with Gasteiger partial charge in [0.1, 0.15) is 0 Å². The molecule has 1 aliphatic rings. The smallest absolute Gasteiger partial charge is 0.241 e. The first-order chi connectivity index (χ1) is 17.6. The summed E-state index contributed by atoms with van der Waals surface area (Å²) in [5.74, 6) is -0.221. The first kappa shape index (κ1) is 26.1. The molecule has 0 saturated carbocycles. The normalized spacial score (nSPS) is 13.7. The molecular formula is C28H28N4O4S. The minimum atomic E-state index is -3.73. The van der Waals surface area contributed by atoms with Crippen molar-refractivity contribution < 1.29 is 18.0 Å². The Labute approximate surface area is 217 Å². The molecule has 37 heavy (non-hydrogen) atoms. The number of anilines is 1.